The van der Waals surface area contributed by atoms with Crippen molar-refractivity contribution in [1.29, 1.82) is 0 Å². The molecule has 0 bridgehead atoms. The number of carboxylic acid groups (broad SMARTS) is 1. The van der Waals surface area contributed by atoms with Crippen LogP contribution in [-0.2, 0) is 24.0 Å². The molecule has 0 unspecified atom stereocenters. The first-order valence-corrected chi connectivity index (χ1v) is 14.7. The molecule has 14 nitrogen and oxygen atoms in total. The van der Waals surface area contributed by atoms with E-state index in [1.807, 2.05) is 6.92 Å². The number of nitrogens with one attached hydrogen (secondary N) is 4. The van der Waals surface area contributed by atoms with Crippen LogP contribution in [0, 0.1) is 5.92 Å². The van der Waals surface area contributed by atoms with Gasteiger partial charge in [-0.05, 0) is 90.3 Å². The number of amides is 4. The summed E-state index contributed by atoms with van der Waals surface area (Å²) in [4.78, 5) is 63.9. The third-order valence-electron chi connectivity index (χ3n) is 6.93. The van der Waals surface area contributed by atoms with E-state index in [9.17, 15) is 29.1 Å². The van der Waals surface area contributed by atoms with E-state index in [1.54, 1.807) is 6.92 Å². The van der Waals surface area contributed by atoms with Crippen LogP contribution in [0.3, 0.4) is 0 Å². The Morgan fingerprint density at radius 3 is 1.37 bits per heavy atom. The molecule has 0 radical (unpaired) electrons. The summed E-state index contributed by atoms with van der Waals surface area (Å²) in [5.41, 5.74) is 22.4. The van der Waals surface area contributed by atoms with Gasteiger partial charge in [0.1, 0.15) is 24.2 Å². The summed E-state index contributed by atoms with van der Waals surface area (Å²) >= 11 is 0. The molecule has 0 aromatic heterocycles. The second kappa shape index (κ2) is 21.9. The van der Waals surface area contributed by atoms with Gasteiger partial charge in [0.05, 0.1) is 6.04 Å². The molecule has 41 heavy (non-hydrogen) atoms. The van der Waals surface area contributed by atoms with Crippen LogP contribution in [0.5, 0.6) is 0 Å². The Kier molecular flexibility index (Phi) is 20.4. The van der Waals surface area contributed by atoms with Crippen molar-refractivity contribution in [3.63, 3.8) is 0 Å². The number of hydrogen-bond donors (Lipinski definition) is 9. The molecule has 0 saturated carbocycles. The Morgan fingerprint density at radius 1 is 0.610 bits per heavy atom. The maximum absolute atomic E-state index is 13.4. The molecule has 13 N–H and O–H groups in total. The lowest BCUT2D eigenvalue weighted by atomic mass is 9.97. The van der Waals surface area contributed by atoms with E-state index in [4.69, 9.17) is 22.9 Å². The second-order valence-electron chi connectivity index (χ2n) is 10.5. The Bertz CT molecular complexity index is 813. The summed E-state index contributed by atoms with van der Waals surface area (Å²) in [6.07, 6.45) is 4.65. The highest BCUT2D eigenvalue weighted by atomic mass is 16.4. The van der Waals surface area contributed by atoms with Crippen molar-refractivity contribution >= 4 is 29.6 Å². The van der Waals surface area contributed by atoms with Gasteiger partial charge < -0.3 is 49.3 Å². The lowest BCUT2D eigenvalue weighted by molar-refractivity contribution is -0.142. The molecule has 6 atom stereocenters. The minimum atomic E-state index is -1.18. The number of hydrogen-bond acceptors (Lipinski definition) is 9. The monoisotopic (exact) mass is 586 g/mol. The number of carboxylic acids is 1. The van der Waals surface area contributed by atoms with E-state index in [0.29, 0.717) is 64.6 Å². The normalized spacial score (nSPS) is 15.5. The van der Waals surface area contributed by atoms with Crippen molar-refractivity contribution in [3.8, 4) is 0 Å². The van der Waals surface area contributed by atoms with E-state index in [-0.39, 0.29) is 25.2 Å². The van der Waals surface area contributed by atoms with Crippen molar-refractivity contribution in [1.82, 2.24) is 21.3 Å². The van der Waals surface area contributed by atoms with Crippen LogP contribution in [0.4, 0.5) is 0 Å². The Labute approximate surface area is 243 Å². The molecule has 238 valence electrons. The third-order valence-corrected chi connectivity index (χ3v) is 6.93. The van der Waals surface area contributed by atoms with Gasteiger partial charge in [0, 0.05) is 0 Å². The summed E-state index contributed by atoms with van der Waals surface area (Å²) in [5, 5.41) is 20.2. The smallest absolute Gasteiger partial charge is 0.326 e. The van der Waals surface area contributed by atoms with Crippen molar-refractivity contribution in [2.45, 2.75) is 115 Å². The van der Waals surface area contributed by atoms with Crippen LogP contribution in [0.25, 0.3) is 0 Å². The first-order valence-electron chi connectivity index (χ1n) is 14.7. The number of aliphatic carboxylic acids is 1. The van der Waals surface area contributed by atoms with Crippen LogP contribution in [0.15, 0.2) is 0 Å². The Balaban J connectivity index is 5.84. The fourth-order valence-corrected chi connectivity index (χ4v) is 4.07. The van der Waals surface area contributed by atoms with Crippen molar-refractivity contribution < 1.29 is 29.1 Å². The van der Waals surface area contributed by atoms with Gasteiger partial charge in [0.15, 0.2) is 0 Å². The SMILES string of the molecule is CC[C@H](C)[C@H](NC(=O)[C@H](C)N)C(=O)N[C@@H](CCCCN)C(=O)N[C@@H](CCCCN)C(=O)N[C@@H](CCCCN)C(=O)O. The van der Waals surface area contributed by atoms with Crippen LogP contribution in [0.2, 0.25) is 0 Å². The molecule has 0 rings (SSSR count). The lowest BCUT2D eigenvalue weighted by Gasteiger charge is -2.28. The zero-order valence-electron chi connectivity index (χ0n) is 25.0. The van der Waals surface area contributed by atoms with E-state index >= 15 is 0 Å². The molecule has 0 aliphatic heterocycles. The predicted octanol–water partition coefficient (Wildman–Crippen LogP) is -1.21. The van der Waals surface area contributed by atoms with Gasteiger partial charge in [-0.25, -0.2) is 4.79 Å². The van der Waals surface area contributed by atoms with Crippen LogP contribution in [-0.4, -0.2) is 84.5 Å². The minimum Gasteiger partial charge on any atom is -0.480 e. The zero-order valence-corrected chi connectivity index (χ0v) is 25.0. The average Bonchev–Trinajstić information content (AvgIpc) is 2.93. The second-order valence-corrected chi connectivity index (χ2v) is 10.5. The summed E-state index contributed by atoms with van der Waals surface area (Å²) in [6.45, 7) is 6.38. The number of unbranched alkanes of at least 4 members (excludes halogenated alkanes) is 3. The number of carbonyl (C=O) groups excluding carboxylic acids is 4. The van der Waals surface area contributed by atoms with E-state index in [1.165, 1.54) is 6.92 Å². The van der Waals surface area contributed by atoms with E-state index < -0.39 is 59.8 Å². The first-order chi connectivity index (χ1) is 19.4. The van der Waals surface area contributed by atoms with Gasteiger partial charge in [-0.3, -0.25) is 19.2 Å². The van der Waals surface area contributed by atoms with Gasteiger partial charge in [0.2, 0.25) is 23.6 Å². The topological polar surface area (TPSA) is 258 Å². The number of carbonyl (C=O) groups is 5. The molecular weight excluding hydrogens is 532 g/mol. The van der Waals surface area contributed by atoms with Gasteiger partial charge >= 0.3 is 5.97 Å². The van der Waals surface area contributed by atoms with Gasteiger partial charge in [-0.15, -0.1) is 0 Å². The summed E-state index contributed by atoms with van der Waals surface area (Å²) in [6, 6.07) is -4.93. The highest BCUT2D eigenvalue weighted by Crippen LogP contribution is 2.11. The lowest BCUT2D eigenvalue weighted by Crippen LogP contribution is -2.59. The molecular formula is C27H54N8O6. The van der Waals surface area contributed by atoms with E-state index in [0.717, 1.165) is 0 Å². The average molecular weight is 587 g/mol. The zero-order chi connectivity index (χ0) is 31.4. The van der Waals surface area contributed by atoms with Crippen molar-refractivity contribution in [3.05, 3.63) is 0 Å². The first kappa shape index (κ1) is 38.2. The van der Waals surface area contributed by atoms with Gasteiger partial charge in [-0.2, -0.15) is 0 Å². The number of rotatable bonds is 23. The Morgan fingerprint density at radius 2 is 1.00 bits per heavy atom. The highest BCUT2D eigenvalue weighted by Gasteiger charge is 2.32. The molecule has 0 aromatic carbocycles. The molecule has 0 saturated heterocycles. The third kappa shape index (κ3) is 15.7. The molecule has 0 aliphatic rings. The van der Waals surface area contributed by atoms with Crippen LogP contribution < -0.4 is 44.2 Å². The fourth-order valence-electron chi connectivity index (χ4n) is 4.07. The molecule has 4 amide bonds. The summed E-state index contributed by atoms with van der Waals surface area (Å²) < 4.78 is 0. The van der Waals surface area contributed by atoms with Gasteiger partial charge in [0.25, 0.3) is 0 Å². The quantitative estimate of drug-likeness (QED) is 0.0645. The fraction of sp³-hybridized carbons (Fsp3) is 0.815. The summed E-state index contributed by atoms with van der Waals surface area (Å²) in [5.74, 6) is -3.70. The predicted molar refractivity (Wildman–Crippen MR) is 157 cm³/mol. The van der Waals surface area contributed by atoms with E-state index in [2.05, 4.69) is 21.3 Å². The molecule has 0 heterocycles. The van der Waals surface area contributed by atoms with Gasteiger partial charge in [-0.1, -0.05) is 20.3 Å². The highest BCUT2D eigenvalue weighted by molar-refractivity contribution is 5.95. The van der Waals surface area contributed by atoms with Crippen LogP contribution >= 0.6 is 0 Å². The van der Waals surface area contributed by atoms with Crippen molar-refractivity contribution in [2.24, 2.45) is 28.9 Å². The standard InChI is InChI=1S/C27H54N8O6/c1-4-17(2)22(35-23(36)18(3)31)26(39)33-20(12-6-9-15-29)24(37)32-19(11-5-8-14-28)25(38)34-21(27(40)41)13-7-10-16-30/h17-22H,4-16,28-31H2,1-3H3,(H,32,37)(H,33,39)(H,34,38)(H,35,36)(H,40,41)/t17-,18-,19-,20-,21-,22-/m0/s1. The minimum absolute atomic E-state index is 0.198. The molecule has 14 heteroatoms. The molecule has 0 fully saturated rings. The maximum atomic E-state index is 13.4. The molecule has 0 spiro atoms. The Hall–Kier alpha value is -2.81. The summed E-state index contributed by atoms with van der Waals surface area (Å²) in [7, 11) is 0. The van der Waals surface area contributed by atoms with Crippen LogP contribution in [0.1, 0.15) is 85.0 Å². The number of nitrogens with two attached hydrogens (primary N) is 4. The largest absolute Gasteiger partial charge is 0.480 e. The molecule has 0 aliphatic carbocycles. The van der Waals surface area contributed by atoms with Crippen molar-refractivity contribution in [2.75, 3.05) is 19.6 Å². The maximum Gasteiger partial charge on any atom is 0.326 e. The molecule has 0 aromatic rings.